The van der Waals surface area contributed by atoms with Crippen molar-refractivity contribution >= 4 is 27.8 Å². The summed E-state index contributed by atoms with van der Waals surface area (Å²) < 4.78 is 0. The van der Waals surface area contributed by atoms with Gasteiger partial charge in [-0.2, -0.15) is 0 Å². The summed E-state index contributed by atoms with van der Waals surface area (Å²) >= 11 is 0. The highest BCUT2D eigenvalue weighted by molar-refractivity contribution is 6.00. The van der Waals surface area contributed by atoms with Gasteiger partial charge in [-0.3, -0.25) is 0 Å². The fourth-order valence-electron chi connectivity index (χ4n) is 11.0. The van der Waals surface area contributed by atoms with E-state index < -0.39 is 5.41 Å². The van der Waals surface area contributed by atoms with Crippen LogP contribution >= 0.6 is 0 Å². The lowest BCUT2D eigenvalue weighted by Crippen LogP contribution is -2.28. The van der Waals surface area contributed by atoms with Crippen LogP contribution in [-0.4, -0.2) is 0 Å². The van der Waals surface area contributed by atoms with Gasteiger partial charge < -0.3 is 4.90 Å². The van der Waals surface area contributed by atoms with Gasteiger partial charge in [0.2, 0.25) is 0 Å². The lowest BCUT2D eigenvalue weighted by Gasteiger charge is -2.34. The van der Waals surface area contributed by atoms with Gasteiger partial charge >= 0.3 is 0 Å². The van der Waals surface area contributed by atoms with Crippen molar-refractivity contribution in [3.05, 3.63) is 270 Å². The minimum atomic E-state index is -0.470. The SMILES string of the molecule is CC1(C)c2ccc(-c3ccccc3)cc2-c2ccc(N(c3ccccc3)c3ccc(-c4ccc(C5(c6ccccc6)c6ccccc6-c6ccc7ccccc7c65)cc4)cc3)cc21. The molecule has 1 nitrogen and oxygen atoms in total. The van der Waals surface area contributed by atoms with Gasteiger partial charge in [0.25, 0.3) is 0 Å². The van der Waals surface area contributed by atoms with Crippen molar-refractivity contribution in [2.45, 2.75) is 24.7 Å². The molecule has 0 N–H and O–H groups in total. The minimum absolute atomic E-state index is 0.136. The van der Waals surface area contributed by atoms with Crippen LogP contribution in [0.5, 0.6) is 0 Å². The van der Waals surface area contributed by atoms with Crippen molar-refractivity contribution in [3.8, 4) is 44.5 Å². The predicted molar refractivity (Wildman–Crippen MR) is 264 cm³/mol. The van der Waals surface area contributed by atoms with Crippen LogP contribution in [0.3, 0.4) is 0 Å². The summed E-state index contributed by atoms with van der Waals surface area (Å²) in [5.74, 6) is 0. The molecule has 63 heavy (non-hydrogen) atoms. The molecule has 2 aliphatic carbocycles. The number of nitrogens with zero attached hydrogens (tertiary/aromatic N) is 1. The van der Waals surface area contributed by atoms with Crippen LogP contribution in [0.1, 0.15) is 47.2 Å². The number of hydrogen-bond acceptors (Lipinski definition) is 1. The zero-order valence-corrected chi connectivity index (χ0v) is 35.5. The number of rotatable bonds is 7. The third-order valence-corrected chi connectivity index (χ3v) is 13.9. The molecule has 0 spiro atoms. The van der Waals surface area contributed by atoms with Crippen LogP contribution in [0, 0.1) is 0 Å². The van der Waals surface area contributed by atoms with Gasteiger partial charge in [0.1, 0.15) is 0 Å². The maximum absolute atomic E-state index is 2.42. The molecule has 0 radical (unpaired) electrons. The molecule has 12 rings (SSSR count). The second-order valence-corrected chi connectivity index (χ2v) is 17.6. The quantitative estimate of drug-likeness (QED) is 0.155. The van der Waals surface area contributed by atoms with Gasteiger partial charge in [-0.15, -0.1) is 0 Å². The zero-order valence-electron chi connectivity index (χ0n) is 35.5. The largest absolute Gasteiger partial charge is 0.310 e. The van der Waals surface area contributed by atoms with Gasteiger partial charge in [-0.1, -0.05) is 208 Å². The Labute approximate surface area is 370 Å². The van der Waals surface area contributed by atoms with E-state index in [2.05, 4.69) is 255 Å². The first-order valence-electron chi connectivity index (χ1n) is 22.1. The average Bonchev–Trinajstić information content (AvgIpc) is 3.78. The van der Waals surface area contributed by atoms with E-state index >= 15 is 0 Å². The summed E-state index contributed by atoms with van der Waals surface area (Å²) in [7, 11) is 0. The van der Waals surface area contributed by atoms with Crippen molar-refractivity contribution in [1.29, 1.82) is 0 Å². The first-order valence-corrected chi connectivity index (χ1v) is 22.1. The summed E-state index contributed by atoms with van der Waals surface area (Å²) in [6, 6.07) is 87.6. The second kappa shape index (κ2) is 14.4. The van der Waals surface area contributed by atoms with Crippen LogP contribution in [0.2, 0.25) is 0 Å². The standard InChI is InChI=1S/C62H45N/c1-61(2)57-39-31-46(42-16-6-3-7-17-42)40-56(57)54-38-36-51(41-59(54)61)63(49-21-10-5-11-22-49)50-34-28-44(29-35-50)43-26-32-48(33-27-43)62(47-19-8-4-9-20-47)58-25-15-14-24-53(58)55-37-30-45-18-12-13-23-52(45)60(55)62/h3-41H,1-2H3. The number of anilines is 3. The Morgan fingerprint density at radius 1 is 0.317 bits per heavy atom. The van der Waals surface area contributed by atoms with E-state index in [9.17, 15) is 0 Å². The van der Waals surface area contributed by atoms with Gasteiger partial charge in [0, 0.05) is 22.5 Å². The molecule has 0 bridgehead atoms. The van der Waals surface area contributed by atoms with Gasteiger partial charge in [0.15, 0.2) is 0 Å². The summed E-state index contributed by atoms with van der Waals surface area (Å²) in [5.41, 5.74) is 20.9. The van der Waals surface area contributed by atoms with Gasteiger partial charge in [-0.25, -0.2) is 0 Å². The third-order valence-electron chi connectivity index (χ3n) is 13.9. The Balaban J connectivity index is 0.929. The highest BCUT2D eigenvalue weighted by Crippen LogP contribution is 2.58. The summed E-state index contributed by atoms with van der Waals surface area (Å²) in [6.45, 7) is 4.73. The lowest BCUT2D eigenvalue weighted by molar-refractivity contribution is 0.660. The van der Waals surface area contributed by atoms with Crippen molar-refractivity contribution in [2.24, 2.45) is 0 Å². The van der Waals surface area contributed by atoms with E-state index in [1.807, 2.05) is 0 Å². The first-order chi connectivity index (χ1) is 31.0. The topological polar surface area (TPSA) is 3.24 Å². The predicted octanol–water partition coefficient (Wildman–Crippen LogP) is 16.3. The zero-order chi connectivity index (χ0) is 42.1. The maximum Gasteiger partial charge on any atom is 0.0719 e. The molecule has 10 aromatic rings. The van der Waals surface area contributed by atoms with Crippen molar-refractivity contribution in [3.63, 3.8) is 0 Å². The number of benzene rings is 10. The molecule has 10 aromatic carbocycles. The first kappa shape index (κ1) is 37.1. The molecule has 0 aromatic heterocycles. The van der Waals surface area contributed by atoms with Gasteiger partial charge in [-0.05, 0) is 131 Å². The minimum Gasteiger partial charge on any atom is -0.310 e. The third kappa shape index (κ3) is 5.70. The highest BCUT2D eigenvalue weighted by Gasteiger charge is 2.47. The highest BCUT2D eigenvalue weighted by atomic mass is 15.1. The van der Waals surface area contributed by atoms with Crippen LogP contribution in [-0.2, 0) is 10.8 Å². The van der Waals surface area contributed by atoms with Crippen molar-refractivity contribution in [1.82, 2.24) is 0 Å². The maximum atomic E-state index is 2.42. The molecule has 298 valence electrons. The molecule has 0 saturated heterocycles. The van der Waals surface area contributed by atoms with E-state index in [4.69, 9.17) is 0 Å². The van der Waals surface area contributed by atoms with E-state index in [1.165, 1.54) is 88.7 Å². The monoisotopic (exact) mass is 803 g/mol. The molecule has 2 aliphatic rings. The summed E-state index contributed by atoms with van der Waals surface area (Å²) in [5, 5.41) is 2.56. The molecule has 1 atom stereocenters. The number of fused-ring (bicyclic) bond motifs is 8. The fraction of sp³-hybridized carbons (Fsp3) is 0.0645. The number of hydrogen-bond donors (Lipinski definition) is 0. The Hall–Kier alpha value is -7.74. The van der Waals surface area contributed by atoms with Gasteiger partial charge in [0.05, 0.1) is 5.41 Å². The van der Waals surface area contributed by atoms with E-state index in [-0.39, 0.29) is 5.41 Å². The Kier molecular flexibility index (Phi) is 8.49. The average molecular weight is 804 g/mol. The molecular formula is C62H45N. The van der Waals surface area contributed by atoms with Crippen LogP contribution in [0.4, 0.5) is 17.1 Å². The molecule has 0 saturated carbocycles. The summed E-state index contributed by atoms with van der Waals surface area (Å²) in [4.78, 5) is 2.39. The Morgan fingerprint density at radius 2 is 0.857 bits per heavy atom. The van der Waals surface area contributed by atoms with Crippen molar-refractivity contribution < 1.29 is 0 Å². The molecule has 1 heteroatoms. The van der Waals surface area contributed by atoms with Crippen LogP contribution in [0.15, 0.2) is 237 Å². The summed E-state index contributed by atoms with van der Waals surface area (Å²) in [6.07, 6.45) is 0. The Morgan fingerprint density at radius 3 is 1.62 bits per heavy atom. The lowest BCUT2D eigenvalue weighted by atomic mass is 9.66. The van der Waals surface area contributed by atoms with Crippen LogP contribution in [0.25, 0.3) is 55.3 Å². The smallest absolute Gasteiger partial charge is 0.0719 e. The Bertz CT molecular complexity index is 3330. The fourth-order valence-corrected chi connectivity index (χ4v) is 11.0. The van der Waals surface area contributed by atoms with Crippen molar-refractivity contribution in [2.75, 3.05) is 4.90 Å². The van der Waals surface area contributed by atoms with E-state index in [0.717, 1.165) is 17.1 Å². The number of para-hydroxylation sites is 1. The molecule has 1 unspecified atom stereocenters. The molecule has 0 amide bonds. The molecule has 0 fully saturated rings. The normalized spacial score (nSPS) is 15.3. The second-order valence-electron chi connectivity index (χ2n) is 17.6. The molecular weight excluding hydrogens is 759 g/mol. The molecule has 0 aliphatic heterocycles. The van der Waals surface area contributed by atoms with Crippen LogP contribution < -0.4 is 4.90 Å². The molecule has 0 heterocycles. The van der Waals surface area contributed by atoms with E-state index in [1.54, 1.807) is 0 Å². The van der Waals surface area contributed by atoms with E-state index in [0.29, 0.717) is 0 Å².